The molecule has 2 bridgehead atoms. The molecule has 2 aromatic carbocycles. The molecule has 2 aliphatic rings. The molecule has 1 saturated heterocycles. The van der Waals surface area contributed by atoms with Crippen molar-refractivity contribution in [1.82, 2.24) is 9.88 Å². The van der Waals surface area contributed by atoms with E-state index in [4.69, 9.17) is 11.6 Å². The first kappa shape index (κ1) is 25.4. The summed E-state index contributed by atoms with van der Waals surface area (Å²) in [5.74, 6) is 0.128. The van der Waals surface area contributed by atoms with E-state index in [2.05, 4.69) is 14.9 Å². The number of carbonyl (C=O) groups excluding carboxylic acids is 1. The standard InChI is InChI=1S/C27H29ClN4O4S/c1-2-11-29-27(34)19-9-10-25(23(13-19)30-37(35,36)22-6-3-5-21(28)14-22)31-15-18-12-20(17-31)24-7-4-8-26(33)32(24)16-18/h3-10,13-14,18,20,30H,2,11-12,15-17H2,1H3,(H,29,34). The van der Waals surface area contributed by atoms with Gasteiger partial charge in [-0.15, -0.1) is 0 Å². The average Bonchev–Trinajstić information content (AvgIpc) is 2.87. The molecule has 0 aliphatic carbocycles. The van der Waals surface area contributed by atoms with E-state index in [1.807, 2.05) is 17.6 Å². The smallest absolute Gasteiger partial charge is 0.262 e. The fourth-order valence-corrected chi connectivity index (χ4v) is 6.67. The van der Waals surface area contributed by atoms with Gasteiger partial charge in [-0.2, -0.15) is 0 Å². The number of nitrogens with zero attached hydrogens (tertiary/aromatic N) is 2. The molecule has 2 unspecified atom stereocenters. The number of pyridine rings is 1. The van der Waals surface area contributed by atoms with Gasteiger partial charge in [-0.1, -0.05) is 30.7 Å². The summed E-state index contributed by atoms with van der Waals surface area (Å²) in [4.78, 5) is 27.3. The summed E-state index contributed by atoms with van der Waals surface area (Å²) in [7, 11) is -3.97. The van der Waals surface area contributed by atoms with Gasteiger partial charge in [0, 0.05) is 54.4 Å². The largest absolute Gasteiger partial charge is 0.369 e. The summed E-state index contributed by atoms with van der Waals surface area (Å²) in [6, 6.07) is 16.6. The second kappa shape index (κ2) is 10.2. The van der Waals surface area contributed by atoms with Gasteiger partial charge in [-0.05, 0) is 61.2 Å². The molecule has 2 aliphatic heterocycles. The predicted molar refractivity (Wildman–Crippen MR) is 145 cm³/mol. The monoisotopic (exact) mass is 540 g/mol. The van der Waals surface area contributed by atoms with Crippen molar-refractivity contribution in [2.75, 3.05) is 29.3 Å². The Hall–Kier alpha value is -3.30. The molecule has 5 rings (SSSR count). The molecule has 1 amide bonds. The maximum atomic E-state index is 13.3. The minimum absolute atomic E-state index is 0.0121. The van der Waals surface area contributed by atoms with Crippen LogP contribution in [-0.4, -0.2) is 38.5 Å². The number of aromatic nitrogens is 1. The van der Waals surface area contributed by atoms with Gasteiger partial charge < -0.3 is 14.8 Å². The number of piperidine rings is 1. The maximum absolute atomic E-state index is 13.3. The molecule has 0 radical (unpaired) electrons. The zero-order valence-corrected chi connectivity index (χ0v) is 22.1. The number of anilines is 2. The summed E-state index contributed by atoms with van der Waals surface area (Å²) in [6.07, 6.45) is 1.76. The summed E-state index contributed by atoms with van der Waals surface area (Å²) in [5, 5.41) is 3.16. The Labute approximate surface area is 221 Å². The van der Waals surface area contributed by atoms with E-state index >= 15 is 0 Å². The number of carbonyl (C=O) groups is 1. The average molecular weight is 541 g/mol. The number of hydrogen-bond donors (Lipinski definition) is 2. The summed E-state index contributed by atoms with van der Waals surface area (Å²) >= 11 is 6.05. The third kappa shape index (κ3) is 5.24. The number of halogens is 1. The SMILES string of the molecule is CCCNC(=O)c1ccc(N2CC3CC(C2)c2cccc(=O)n2C3)c(NS(=O)(=O)c2cccc(Cl)c2)c1. The van der Waals surface area contributed by atoms with Crippen LogP contribution in [0.3, 0.4) is 0 Å². The van der Waals surface area contributed by atoms with Crippen LogP contribution in [0.4, 0.5) is 11.4 Å². The van der Waals surface area contributed by atoms with Crippen molar-refractivity contribution >= 4 is 38.9 Å². The van der Waals surface area contributed by atoms with Crippen molar-refractivity contribution in [2.45, 2.75) is 37.1 Å². The molecule has 194 valence electrons. The quantitative estimate of drug-likeness (QED) is 0.470. The zero-order valence-electron chi connectivity index (χ0n) is 20.5. The Balaban J connectivity index is 1.52. The molecule has 37 heavy (non-hydrogen) atoms. The normalized spacial score (nSPS) is 18.7. The van der Waals surface area contributed by atoms with Crippen molar-refractivity contribution in [2.24, 2.45) is 5.92 Å². The van der Waals surface area contributed by atoms with Gasteiger partial charge in [0.2, 0.25) is 0 Å². The van der Waals surface area contributed by atoms with Crippen LogP contribution in [-0.2, 0) is 16.6 Å². The van der Waals surface area contributed by atoms with Crippen molar-refractivity contribution < 1.29 is 13.2 Å². The Morgan fingerprint density at radius 3 is 2.65 bits per heavy atom. The predicted octanol–water partition coefficient (Wildman–Crippen LogP) is 4.07. The third-order valence-corrected chi connectivity index (χ3v) is 8.56. The molecule has 0 saturated carbocycles. The molecule has 1 fully saturated rings. The van der Waals surface area contributed by atoms with E-state index in [-0.39, 0.29) is 28.2 Å². The molecule has 3 heterocycles. The molecule has 2 N–H and O–H groups in total. The van der Waals surface area contributed by atoms with Gasteiger partial charge in [0.25, 0.3) is 21.5 Å². The van der Waals surface area contributed by atoms with E-state index in [0.29, 0.717) is 48.1 Å². The second-order valence-electron chi connectivity index (χ2n) is 9.65. The van der Waals surface area contributed by atoms with Crippen LogP contribution < -0.4 is 20.5 Å². The van der Waals surface area contributed by atoms with Gasteiger partial charge in [0.15, 0.2) is 0 Å². The third-order valence-electron chi connectivity index (χ3n) is 6.97. The van der Waals surface area contributed by atoms with Crippen LogP contribution in [0.2, 0.25) is 5.02 Å². The van der Waals surface area contributed by atoms with Crippen molar-refractivity contribution in [3.05, 3.63) is 87.3 Å². The van der Waals surface area contributed by atoms with E-state index < -0.39 is 10.0 Å². The van der Waals surface area contributed by atoms with E-state index in [1.54, 1.807) is 42.5 Å². The summed E-state index contributed by atoms with van der Waals surface area (Å²) in [6.45, 7) is 4.42. The molecule has 8 nitrogen and oxygen atoms in total. The van der Waals surface area contributed by atoms with Gasteiger partial charge in [-0.3, -0.25) is 14.3 Å². The molecular formula is C27H29ClN4O4S. The number of hydrogen-bond acceptors (Lipinski definition) is 5. The molecular weight excluding hydrogens is 512 g/mol. The van der Waals surface area contributed by atoms with Crippen molar-refractivity contribution in [1.29, 1.82) is 0 Å². The first-order chi connectivity index (χ1) is 17.7. The number of amides is 1. The minimum Gasteiger partial charge on any atom is -0.369 e. The van der Waals surface area contributed by atoms with Crippen LogP contribution in [0.5, 0.6) is 0 Å². The lowest BCUT2D eigenvalue weighted by Crippen LogP contribution is -2.47. The van der Waals surface area contributed by atoms with Crippen LogP contribution in [0.15, 0.2) is 70.4 Å². The maximum Gasteiger partial charge on any atom is 0.262 e. The second-order valence-corrected chi connectivity index (χ2v) is 11.8. The minimum atomic E-state index is -3.97. The Bertz CT molecular complexity index is 1500. The summed E-state index contributed by atoms with van der Waals surface area (Å²) < 4.78 is 31.2. The zero-order chi connectivity index (χ0) is 26.2. The molecule has 2 atom stereocenters. The van der Waals surface area contributed by atoms with Crippen LogP contribution >= 0.6 is 11.6 Å². The number of nitrogens with one attached hydrogen (secondary N) is 2. The number of sulfonamides is 1. The van der Waals surface area contributed by atoms with Crippen molar-refractivity contribution in [3.8, 4) is 0 Å². The Kier molecular flexibility index (Phi) is 7.00. The Morgan fingerprint density at radius 2 is 1.86 bits per heavy atom. The van der Waals surface area contributed by atoms with Crippen LogP contribution in [0, 0.1) is 5.92 Å². The first-order valence-electron chi connectivity index (χ1n) is 12.4. The van der Waals surface area contributed by atoms with Crippen molar-refractivity contribution in [3.63, 3.8) is 0 Å². The fraction of sp³-hybridized carbons (Fsp3) is 0.333. The van der Waals surface area contributed by atoms with E-state index in [9.17, 15) is 18.0 Å². The fourth-order valence-electron chi connectivity index (χ4n) is 5.31. The number of benzene rings is 2. The lowest BCUT2D eigenvalue weighted by atomic mass is 9.83. The molecule has 0 spiro atoms. The van der Waals surface area contributed by atoms with Crippen LogP contribution in [0.25, 0.3) is 0 Å². The molecule has 1 aromatic heterocycles. The topological polar surface area (TPSA) is 101 Å². The van der Waals surface area contributed by atoms with E-state index in [0.717, 1.165) is 18.5 Å². The van der Waals surface area contributed by atoms with Gasteiger partial charge >= 0.3 is 0 Å². The molecule has 3 aromatic rings. The van der Waals surface area contributed by atoms with Gasteiger partial charge in [0.1, 0.15) is 0 Å². The Morgan fingerprint density at radius 1 is 1.05 bits per heavy atom. The lowest BCUT2D eigenvalue weighted by Gasteiger charge is -2.44. The highest BCUT2D eigenvalue weighted by Crippen LogP contribution is 2.39. The highest BCUT2D eigenvalue weighted by molar-refractivity contribution is 7.92. The number of fused-ring (bicyclic) bond motifs is 4. The van der Waals surface area contributed by atoms with E-state index in [1.165, 1.54) is 12.1 Å². The lowest BCUT2D eigenvalue weighted by molar-refractivity contribution is 0.0953. The molecule has 10 heteroatoms. The van der Waals surface area contributed by atoms with Gasteiger partial charge in [-0.25, -0.2) is 8.42 Å². The van der Waals surface area contributed by atoms with Crippen LogP contribution in [0.1, 0.15) is 41.7 Å². The first-order valence-corrected chi connectivity index (χ1v) is 14.3. The van der Waals surface area contributed by atoms with Gasteiger partial charge in [0.05, 0.1) is 16.3 Å². The highest BCUT2D eigenvalue weighted by Gasteiger charge is 2.35. The number of rotatable bonds is 7. The highest BCUT2D eigenvalue weighted by atomic mass is 35.5. The summed E-state index contributed by atoms with van der Waals surface area (Å²) in [5.41, 5.74) is 2.41.